The highest BCUT2D eigenvalue weighted by molar-refractivity contribution is 5.79. The lowest BCUT2D eigenvalue weighted by Gasteiger charge is -2.27. The molecule has 0 heterocycles. The lowest BCUT2D eigenvalue weighted by Crippen LogP contribution is -2.38. The van der Waals surface area contributed by atoms with Gasteiger partial charge in [0.2, 0.25) is 5.91 Å². The Morgan fingerprint density at radius 3 is 2.84 bits per heavy atom. The smallest absolute Gasteiger partial charge is 0.223 e. The third kappa shape index (κ3) is 5.63. The molecule has 5 heteroatoms. The van der Waals surface area contributed by atoms with Gasteiger partial charge in [-0.15, -0.1) is 0 Å². The van der Waals surface area contributed by atoms with Crippen molar-refractivity contribution >= 4 is 5.91 Å². The van der Waals surface area contributed by atoms with Crippen LogP contribution in [0.2, 0.25) is 0 Å². The second-order valence-corrected chi connectivity index (χ2v) is 6.97. The summed E-state index contributed by atoms with van der Waals surface area (Å²) in [7, 11) is 1.64. The van der Waals surface area contributed by atoms with E-state index in [-0.39, 0.29) is 23.9 Å². The van der Waals surface area contributed by atoms with Gasteiger partial charge in [-0.1, -0.05) is 25.8 Å². The van der Waals surface area contributed by atoms with Gasteiger partial charge in [-0.25, -0.2) is 0 Å². The van der Waals surface area contributed by atoms with E-state index >= 15 is 0 Å². The Kier molecular flexibility index (Phi) is 7.56. The van der Waals surface area contributed by atoms with Gasteiger partial charge in [0.15, 0.2) is 11.5 Å². The van der Waals surface area contributed by atoms with E-state index in [0.717, 1.165) is 49.8 Å². The van der Waals surface area contributed by atoms with Crippen molar-refractivity contribution in [3.05, 3.63) is 23.8 Å². The molecule has 2 rings (SSSR count). The van der Waals surface area contributed by atoms with Crippen molar-refractivity contribution in [2.75, 3.05) is 13.7 Å². The summed E-state index contributed by atoms with van der Waals surface area (Å²) >= 11 is 0. The zero-order valence-corrected chi connectivity index (χ0v) is 15.7. The van der Waals surface area contributed by atoms with Crippen molar-refractivity contribution in [3.8, 4) is 11.5 Å². The number of rotatable bonds is 8. The van der Waals surface area contributed by atoms with Crippen LogP contribution in [0.5, 0.6) is 11.5 Å². The topological polar surface area (TPSA) is 73.6 Å². The van der Waals surface area contributed by atoms with Crippen LogP contribution in [-0.4, -0.2) is 25.7 Å². The molecule has 140 valence electrons. The molecule has 3 unspecified atom stereocenters. The standard InChI is InChI=1S/C20H32N2O3/c1-4-5-11-25-18-10-9-15(13-19(18)24-3)14(2)22-20(23)16-7-6-8-17(21)12-16/h9-10,13-14,16-17H,4-8,11-12,21H2,1-3H3,(H,22,23). The number of methoxy groups -OCH3 is 1. The van der Waals surface area contributed by atoms with Gasteiger partial charge in [-0.05, 0) is 50.3 Å². The van der Waals surface area contributed by atoms with Gasteiger partial charge in [0.05, 0.1) is 19.8 Å². The van der Waals surface area contributed by atoms with Crippen LogP contribution < -0.4 is 20.5 Å². The van der Waals surface area contributed by atoms with Gasteiger partial charge < -0.3 is 20.5 Å². The van der Waals surface area contributed by atoms with E-state index in [1.54, 1.807) is 7.11 Å². The summed E-state index contributed by atoms with van der Waals surface area (Å²) in [6.07, 6.45) is 5.88. The van der Waals surface area contributed by atoms with Gasteiger partial charge in [0.1, 0.15) is 0 Å². The van der Waals surface area contributed by atoms with Gasteiger partial charge in [0, 0.05) is 12.0 Å². The molecule has 1 fully saturated rings. The largest absolute Gasteiger partial charge is 0.493 e. The fourth-order valence-corrected chi connectivity index (χ4v) is 3.28. The predicted octanol–water partition coefficient (Wildman–Crippen LogP) is 3.57. The van der Waals surface area contributed by atoms with Crippen LogP contribution in [0.4, 0.5) is 0 Å². The number of nitrogens with two attached hydrogens (primary N) is 1. The molecule has 1 aliphatic carbocycles. The molecule has 25 heavy (non-hydrogen) atoms. The van der Waals surface area contributed by atoms with Gasteiger partial charge in [-0.2, -0.15) is 0 Å². The highest BCUT2D eigenvalue weighted by Crippen LogP contribution is 2.31. The van der Waals surface area contributed by atoms with Crippen molar-refractivity contribution in [3.63, 3.8) is 0 Å². The molecule has 1 aliphatic rings. The van der Waals surface area contributed by atoms with Crippen molar-refractivity contribution in [1.82, 2.24) is 5.32 Å². The lowest BCUT2D eigenvalue weighted by atomic mass is 9.85. The molecule has 0 radical (unpaired) electrons. The minimum Gasteiger partial charge on any atom is -0.493 e. The second-order valence-electron chi connectivity index (χ2n) is 6.97. The molecule has 1 amide bonds. The van der Waals surface area contributed by atoms with Crippen molar-refractivity contribution in [1.29, 1.82) is 0 Å². The fourth-order valence-electron chi connectivity index (χ4n) is 3.28. The van der Waals surface area contributed by atoms with Crippen molar-refractivity contribution in [2.24, 2.45) is 11.7 Å². The maximum atomic E-state index is 12.5. The molecule has 0 saturated heterocycles. The normalized spacial score (nSPS) is 21.4. The number of unbranched alkanes of at least 4 members (excludes halogenated alkanes) is 1. The summed E-state index contributed by atoms with van der Waals surface area (Å²) in [4.78, 5) is 12.5. The molecule has 0 spiro atoms. The lowest BCUT2D eigenvalue weighted by molar-refractivity contribution is -0.126. The first-order valence-corrected chi connectivity index (χ1v) is 9.41. The maximum absolute atomic E-state index is 12.5. The summed E-state index contributed by atoms with van der Waals surface area (Å²) in [6, 6.07) is 5.92. The monoisotopic (exact) mass is 348 g/mol. The van der Waals surface area contributed by atoms with E-state index < -0.39 is 0 Å². The van der Waals surface area contributed by atoms with E-state index in [1.807, 2.05) is 25.1 Å². The number of benzene rings is 1. The zero-order chi connectivity index (χ0) is 18.2. The minimum atomic E-state index is -0.0794. The average molecular weight is 348 g/mol. The molecule has 3 N–H and O–H groups in total. The summed E-state index contributed by atoms with van der Waals surface area (Å²) in [6.45, 7) is 4.81. The Morgan fingerprint density at radius 1 is 1.36 bits per heavy atom. The van der Waals surface area contributed by atoms with Crippen molar-refractivity contribution in [2.45, 2.75) is 64.5 Å². The van der Waals surface area contributed by atoms with E-state index in [4.69, 9.17) is 15.2 Å². The molecule has 1 aromatic rings. The average Bonchev–Trinajstić information content (AvgIpc) is 2.62. The third-order valence-electron chi connectivity index (χ3n) is 4.89. The zero-order valence-electron chi connectivity index (χ0n) is 15.7. The van der Waals surface area contributed by atoms with Gasteiger partial charge >= 0.3 is 0 Å². The van der Waals surface area contributed by atoms with Crippen LogP contribution in [0.3, 0.4) is 0 Å². The van der Waals surface area contributed by atoms with Crippen LogP contribution in [0, 0.1) is 5.92 Å². The predicted molar refractivity (Wildman–Crippen MR) is 99.9 cm³/mol. The molecule has 5 nitrogen and oxygen atoms in total. The van der Waals surface area contributed by atoms with Gasteiger partial charge in [0.25, 0.3) is 0 Å². The third-order valence-corrected chi connectivity index (χ3v) is 4.89. The van der Waals surface area contributed by atoms with E-state index in [2.05, 4.69) is 12.2 Å². The number of ether oxygens (including phenoxy) is 2. The Hall–Kier alpha value is -1.75. The molecule has 1 aromatic carbocycles. The van der Waals surface area contributed by atoms with E-state index in [9.17, 15) is 4.79 Å². The number of carbonyl (C=O) groups excluding carboxylic acids is 1. The van der Waals surface area contributed by atoms with Crippen LogP contribution >= 0.6 is 0 Å². The molecule has 1 saturated carbocycles. The first kappa shape index (κ1) is 19.6. The summed E-state index contributed by atoms with van der Waals surface area (Å²) < 4.78 is 11.2. The Morgan fingerprint density at radius 2 is 2.16 bits per heavy atom. The van der Waals surface area contributed by atoms with Gasteiger partial charge in [-0.3, -0.25) is 4.79 Å². The maximum Gasteiger partial charge on any atom is 0.223 e. The highest BCUT2D eigenvalue weighted by Gasteiger charge is 2.26. The number of nitrogens with one attached hydrogen (secondary N) is 1. The molecule has 0 aromatic heterocycles. The van der Waals surface area contributed by atoms with Crippen LogP contribution in [0.25, 0.3) is 0 Å². The SMILES string of the molecule is CCCCOc1ccc(C(C)NC(=O)C2CCCC(N)C2)cc1OC. The quantitative estimate of drug-likeness (QED) is 0.704. The first-order chi connectivity index (χ1) is 12.0. The first-order valence-electron chi connectivity index (χ1n) is 9.41. The number of amides is 1. The molecular formula is C20H32N2O3. The number of hydrogen-bond donors (Lipinski definition) is 2. The summed E-state index contributed by atoms with van der Waals surface area (Å²) in [5.74, 6) is 1.58. The van der Waals surface area contributed by atoms with E-state index in [1.165, 1.54) is 0 Å². The van der Waals surface area contributed by atoms with Crippen molar-refractivity contribution < 1.29 is 14.3 Å². The molecule has 0 aliphatic heterocycles. The Balaban J connectivity index is 1.98. The van der Waals surface area contributed by atoms with Crippen LogP contribution in [-0.2, 0) is 4.79 Å². The van der Waals surface area contributed by atoms with E-state index in [0.29, 0.717) is 12.4 Å². The molecule has 0 bridgehead atoms. The summed E-state index contributed by atoms with van der Waals surface area (Å²) in [5, 5.41) is 3.12. The number of hydrogen-bond acceptors (Lipinski definition) is 4. The molecule has 3 atom stereocenters. The highest BCUT2D eigenvalue weighted by atomic mass is 16.5. The Bertz CT molecular complexity index is 562. The Labute approximate surface area is 151 Å². The number of carbonyl (C=O) groups is 1. The molecular weight excluding hydrogens is 316 g/mol. The fraction of sp³-hybridized carbons (Fsp3) is 0.650. The van der Waals surface area contributed by atoms with Crippen LogP contribution in [0.1, 0.15) is 64.0 Å². The van der Waals surface area contributed by atoms with Crippen LogP contribution in [0.15, 0.2) is 18.2 Å². The second kappa shape index (κ2) is 9.66. The minimum absolute atomic E-state index is 0.0322. The summed E-state index contributed by atoms with van der Waals surface area (Å²) in [5.41, 5.74) is 7.01.